The molecule has 2 aromatic heterocycles. The second kappa shape index (κ2) is 8.08. The van der Waals surface area contributed by atoms with Gasteiger partial charge in [0.1, 0.15) is 17.9 Å². The Hall–Kier alpha value is -3.42. The van der Waals surface area contributed by atoms with Gasteiger partial charge in [0.15, 0.2) is 0 Å². The molecule has 0 atom stereocenters. The third-order valence-electron chi connectivity index (χ3n) is 4.65. The maximum Gasteiger partial charge on any atom is 0.292 e. The average molecular weight is 379 g/mol. The van der Waals surface area contributed by atoms with Gasteiger partial charge in [0.2, 0.25) is 5.76 Å². The molecule has 1 aromatic carbocycles. The van der Waals surface area contributed by atoms with Crippen molar-refractivity contribution < 1.29 is 14.1 Å². The predicted molar refractivity (Wildman–Crippen MR) is 103 cm³/mol. The highest BCUT2D eigenvalue weighted by molar-refractivity contribution is 5.91. The van der Waals surface area contributed by atoms with Gasteiger partial charge in [-0.3, -0.25) is 4.79 Å². The first-order valence-electron chi connectivity index (χ1n) is 9.25. The van der Waals surface area contributed by atoms with Gasteiger partial charge in [-0.2, -0.15) is 0 Å². The quantitative estimate of drug-likeness (QED) is 0.673. The average Bonchev–Trinajstić information content (AvgIpc) is 3.29. The Morgan fingerprint density at radius 1 is 1.11 bits per heavy atom. The molecule has 1 amide bonds. The Morgan fingerprint density at radius 3 is 2.57 bits per heavy atom. The molecule has 8 nitrogen and oxygen atoms in total. The molecule has 0 unspecified atom stereocenters. The summed E-state index contributed by atoms with van der Waals surface area (Å²) in [6, 6.07) is 11.4. The zero-order chi connectivity index (χ0) is 19.3. The predicted octanol–water partition coefficient (Wildman–Crippen LogP) is 2.49. The van der Waals surface area contributed by atoms with Crippen LogP contribution in [0.1, 0.15) is 17.5 Å². The highest BCUT2D eigenvalue weighted by atomic mass is 16.5. The van der Waals surface area contributed by atoms with Gasteiger partial charge in [-0.15, -0.1) is 0 Å². The highest BCUT2D eigenvalue weighted by Crippen LogP contribution is 2.24. The molecule has 0 spiro atoms. The molecular formula is C20H21N5O3. The SMILES string of the molecule is CCOc1ccc(-c2cc(N3CCN(C(=O)c4ccno4)CC3)ncn2)cc1. The minimum absolute atomic E-state index is 0.130. The van der Waals surface area contributed by atoms with E-state index in [0.717, 1.165) is 22.8 Å². The third-order valence-corrected chi connectivity index (χ3v) is 4.65. The fourth-order valence-electron chi connectivity index (χ4n) is 3.19. The van der Waals surface area contributed by atoms with Crippen LogP contribution >= 0.6 is 0 Å². The highest BCUT2D eigenvalue weighted by Gasteiger charge is 2.25. The van der Waals surface area contributed by atoms with E-state index in [1.807, 2.05) is 37.3 Å². The van der Waals surface area contributed by atoms with Crippen LogP contribution < -0.4 is 9.64 Å². The molecule has 0 aliphatic carbocycles. The molecule has 1 aliphatic rings. The number of benzene rings is 1. The molecule has 0 radical (unpaired) electrons. The van der Waals surface area contributed by atoms with E-state index in [0.29, 0.717) is 32.8 Å². The fraction of sp³-hybridized carbons (Fsp3) is 0.300. The minimum atomic E-state index is -0.130. The number of nitrogens with zero attached hydrogens (tertiary/aromatic N) is 5. The van der Waals surface area contributed by atoms with Crippen molar-refractivity contribution in [3.8, 4) is 17.0 Å². The van der Waals surface area contributed by atoms with Crippen molar-refractivity contribution in [2.45, 2.75) is 6.92 Å². The fourth-order valence-corrected chi connectivity index (χ4v) is 3.19. The number of hydrogen-bond acceptors (Lipinski definition) is 7. The standard InChI is InChI=1S/C20H21N5O3/c1-2-27-16-5-3-15(4-6-16)17-13-19(22-14-21-17)24-9-11-25(12-10-24)20(26)18-7-8-23-28-18/h3-8,13-14H,2,9-12H2,1H3. The van der Waals surface area contributed by atoms with E-state index < -0.39 is 0 Å². The van der Waals surface area contributed by atoms with Gasteiger partial charge >= 0.3 is 0 Å². The van der Waals surface area contributed by atoms with Crippen molar-refractivity contribution in [2.24, 2.45) is 0 Å². The van der Waals surface area contributed by atoms with Crippen LogP contribution in [-0.4, -0.2) is 58.7 Å². The minimum Gasteiger partial charge on any atom is -0.494 e. The van der Waals surface area contributed by atoms with Gasteiger partial charge in [0, 0.05) is 43.9 Å². The Balaban J connectivity index is 1.43. The maximum absolute atomic E-state index is 12.4. The molecule has 28 heavy (non-hydrogen) atoms. The molecule has 3 heterocycles. The van der Waals surface area contributed by atoms with Gasteiger partial charge in [-0.1, -0.05) is 5.16 Å². The van der Waals surface area contributed by atoms with Crippen LogP contribution in [0.3, 0.4) is 0 Å². The van der Waals surface area contributed by atoms with Crippen LogP contribution in [0.2, 0.25) is 0 Å². The first kappa shape index (κ1) is 18.0. The first-order chi connectivity index (χ1) is 13.7. The summed E-state index contributed by atoms with van der Waals surface area (Å²) in [5.41, 5.74) is 1.86. The van der Waals surface area contributed by atoms with Gasteiger partial charge in [0.05, 0.1) is 18.5 Å². The van der Waals surface area contributed by atoms with Crippen molar-refractivity contribution >= 4 is 11.7 Å². The lowest BCUT2D eigenvalue weighted by Crippen LogP contribution is -2.49. The maximum atomic E-state index is 12.4. The van der Waals surface area contributed by atoms with Crippen LogP contribution in [0.5, 0.6) is 5.75 Å². The first-order valence-corrected chi connectivity index (χ1v) is 9.25. The lowest BCUT2D eigenvalue weighted by molar-refractivity contribution is 0.0704. The number of amides is 1. The van der Waals surface area contributed by atoms with Crippen molar-refractivity contribution in [1.82, 2.24) is 20.0 Å². The summed E-state index contributed by atoms with van der Waals surface area (Å²) in [6.07, 6.45) is 3.06. The monoisotopic (exact) mass is 379 g/mol. The van der Waals surface area contributed by atoms with Crippen molar-refractivity contribution in [2.75, 3.05) is 37.7 Å². The lowest BCUT2D eigenvalue weighted by Gasteiger charge is -2.34. The van der Waals surface area contributed by atoms with E-state index in [4.69, 9.17) is 9.26 Å². The number of hydrogen-bond donors (Lipinski definition) is 0. The lowest BCUT2D eigenvalue weighted by atomic mass is 10.1. The van der Waals surface area contributed by atoms with Crippen LogP contribution in [0, 0.1) is 0 Å². The van der Waals surface area contributed by atoms with Gasteiger partial charge in [-0.05, 0) is 31.2 Å². The normalized spacial score (nSPS) is 14.2. The molecule has 8 heteroatoms. The molecule has 0 bridgehead atoms. The zero-order valence-corrected chi connectivity index (χ0v) is 15.6. The van der Waals surface area contributed by atoms with E-state index in [1.165, 1.54) is 6.20 Å². The molecule has 1 aliphatic heterocycles. The summed E-state index contributed by atoms with van der Waals surface area (Å²) in [7, 11) is 0. The van der Waals surface area contributed by atoms with Crippen LogP contribution in [-0.2, 0) is 0 Å². The molecule has 0 N–H and O–H groups in total. The molecule has 3 aromatic rings. The Bertz CT molecular complexity index is 919. The second-order valence-corrected chi connectivity index (χ2v) is 6.37. The summed E-state index contributed by atoms with van der Waals surface area (Å²) >= 11 is 0. The van der Waals surface area contributed by atoms with E-state index in [9.17, 15) is 4.79 Å². The molecule has 4 rings (SSSR count). The van der Waals surface area contributed by atoms with E-state index >= 15 is 0 Å². The number of carbonyl (C=O) groups excluding carboxylic acids is 1. The van der Waals surface area contributed by atoms with Crippen LogP contribution in [0.4, 0.5) is 5.82 Å². The second-order valence-electron chi connectivity index (χ2n) is 6.37. The smallest absolute Gasteiger partial charge is 0.292 e. The van der Waals surface area contributed by atoms with Crippen molar-refractivity contribution in [1.29, 1.82) is 0 Å². The van der Waals surface area contributed by atoms with E-state index in [-0.39, 0.29) is 11.7 Å². The number of anilines is 1. The number of rotatable bonds is 5. The number of aromatic nitrogens is 3. The Kier molecular flexibility index (Phi) is 5.18. The number of ether oxygens (including phenoxy) is 1. The van der Waals surface area contributed by atoms with Crippen LogP contribution in [0.25, 0.3) is 11.3 Å². The molecule has 144 valence electrons. The topological polar surface area (TPSA) is 84.6 Å². The zero-order valence-electron chi connectivity index (χ0n) is 15.6. The summed E-state index contributed by atoms with van der Waals surface area (Å²) < 4.78 is 10.5. The van der Waals surface area contributed by atoms with Crippen molar-refractivity contribution in [3.63, 3.8) is 0 Å². The van der Waals surface area contributed by atoms with E-state index in [2.05, 4.69) is 20.0 Å². The molecule has 1 saturated heterocycles. The largest absolute Gasteiger partial charge is 0.494 e. The summed E-state index contributed by atoms with van der Waals surface area (Å²) in [5.74, 6) is 1.84. The van der Waals surface area contributed by atoms with Crippen molar-refractivity contribution in [3.05, 3.63) is 54.7 Å². The van der Waals surface area contributed by atoms with Gasteiger partial charge in [-0.25, -0.2) is 9.97 Å². The van der Waals surface area contributed by atoms with Gasteiger partial charge in [0.25, 0.3) is 5.91 Å². The molecule has 0 saturated carbocycles. The molecular weight excluding hydrogens is 358 g/mol. The van der Waals surface area contributed by atoms with Crippen LogP contribution in [0.15, 0.2) is 53.4 Å². The summed E-state index contributed by atoms with van der Waals surface area (Å²) in [6.45, 7) is 5.19. The number of carbonyl (C=O) groups is 1. The third kappa shape index (κ3) is 3.80. The summed E-state index contributed by atoms with van der Waals surface area (Å²) in [4.78, 5) is 25.1. The van der Waals surface area contributed by atoms with E-state index in [1.54, 1.807) is 17.3 Å². The van der Waals surface area contributed by atoms with Gasteiger partial charge < -0.3 is 19.1 Å². The Labute approximate surface area is 162 Å². The Morgan fingerprint density at radius 2 is 1.89 bits per heavy atom. The number of piperazine rings is 1. The molecule has 1 fully saturated rings. The summed E-state index contributed by atoms with van der Waals surface area (Å²) in [5, 5.41) is 3.60.